The fraction of sp³-hybridized carbons (Fsp3) is 0.583. The smallest absolute Gasteiger partial charge is 0.311 e. The standard InChI is InChI=1S/C12H18N4O3/c1-8-6-15(7-12(2,3)19-8)10-5-4-9(16(17)18)11(13)14-10/h4-5,8H,6-7H2,1-3H3,(H2,13,14). The van der Waals surface area contributed by atoms with E-state index in [1.807, 2.05) is 25.7 Å². The monoisotopic (exact) mass is 266 g/mol. The summed E-state index contributed by atoms with van der Waals surface area (Å²) < 4.78 is 5.81. The van der Waals surface area contributed by atoms with E-state index in [9.17, 15) is 10.1 Å². The van der Waals surface area contributed by atoms with E-state index in [4.69, 9.17) is 10.5 Å². The molecule has 0 aromatic carbocycles. The van der Waals surface area contributed by atoms with Gasteiger partial charge in [0.05, 0.1) is 16.6 Å². The number of hydrogen-bond donors (Lipinski definition) is 1. The number of nitrogen functional groups attached to an aromatic ring is 1. The molecule has 1 aliphatic heterocycles. The highest BCUT2D eigenvalue weighted by Gasteiger charge is 2.32. The molecule has 1 atom stereocenters. The molecular weight excluding hydrogens is 248 g/mol. The van der Waals surface area contributed by atoms with Gasteiger partial charge in [0.2, 0.25) is 5.82 Å². The van der Waals surface area contributed by atoms with Crippen LogP contribution in [-0.2, 0) is 4.74 Å². The molecule has 2 heterocycles. The molecule has 0 bridgehead atoms. The summed E-state index contributed by atoms with van der Waals surface area (Å²) in [6.45, 7) is 7.35. The SMILES string of the molecule is CC1CN(c2ccc([N+](=O)[O-])c(N)n2)CC(C)(C)O1. The highest BCUT2D eigenvalue weighted by molar-refractivity contribution is 5.58. The van der Waals surface area contributed by atoms with E-state index in [0.717, 1.165) is 0 Å². The number of pyridine rings is 1. The number of morpholine rings is 1. The molecule has 104 valence electrons. The van der Waals surface area contributed by atoms with Gasteiger partial charge in [-0.3, -0.25) is 10.1 Å². The summed E-state index contributed by atoms with van der Waals surface area (Å²) in [7, 11) is 0. The summed E-state index contributed by atoms with van der Waals surface area (Å²) in [5, 5.41) is 10.7. The molecule has 1 aliphatic rings. The van der Waals surface area contributed by atoms with Crippen molar-refractivity contribution in [3.8, 4) is 0 Å². The molecule has 0 saturated carbocycles. The summed E-state index contributed by atoms with van der Waals surface area (Å²) in [5.74, 6) is 0.589. The number of hydrogen-bond acceptors (Lipinski definition) is 6. The maximum Gasteiger partial charge on any atom is 0.311 e. The highest BCUT2D eigenvalue weighted by atomic mass is 16.6. The summed E-state index contributed by atoms with van der Waals surface area (Å²) >= 11 is 0. The minimum atomic E-state index is -0.530. The van der Waals surface area contributed by atoms with E-state index in [0.29, 0.717) is 18.9 Å². The van der Waals surface area contributed by atoms with Gasteiger partial charge in [-0.05, 0) is 26.8 Å². The van der Waals surface area contributed by atoms with Crippen LogP contribution in [0.25, 0.3) is 0 Å². The Morgan fingerprint density at radius 1 is 1.58 bits per heavy atom. The Balaban J connectivity index is 2.27. The second kappa shape index (κ2) is 4.65. The van der Waals surface area contributed by atoms with Gasteiger partial charge < -0.3 is 15.4 Å². The van der Waals surface area contributed by atoms with Crippen LogP contribution in [0.2, 0.25) is 0 Å². The molecule has 0 radical (unpaired) electrons. The quantitative estimate of drug-likeness (QED) is 0.645. The van der Waals surface area contributed by atoms with Crippen molar-refractivity contribution in [2.24, 2.45) is 0 Å². The number of nitrogens with zero attached hydrogens (tertiary/aromatic N) is 3. The van der Waals surface area contributed by atoms with E-state index in [-0.39, 0.29) is 23.2 Å². The summed E-state index contributed by atoms with van der Waals surface area (Å²) in [6.07, 6.45) is 0.0713. The summed E-state index contributed by atoms with van der Waals surface area (Å²) in [5.41, 5.74) is 5.18. The van der Waals surface area contributed by atoms with Crippen LogP contribution in [-0.4, -0.2) is 34.7 Å². The zero-order valence-corrected chi connectivity index (χ0v) is 11.3. The molecular formula is C12H18N4O3. The Hall–Kier alpha value is -1.89. The summed E-state index contributed by atoms with van der Waals surface area (Å²) in [4.78, 5) is 16.3. The van der Waals surface area contributed by atoms with Crippen LogP contribution in [0.1, 0.15) is 20.8 Å². The van der Waals surface area contributed by atoms with Gasteiger partial charge >= 0.3 is 5.69 Å². The van der Waals surface area contributed by atoms with Crippen molar-refractivity contribution < 1.29 is 9.66 Å². The molecule has 7 nitrogen and oxygen atoms in total. The van der Waals surface area contributed by atoms with Gasteiger partial charge in [0.15, 0.2) is 0 Å². The third-order valence-electron chi connectivity index (χ3n) is 2.98. The van der Waals surface area contributed by atoms with Gasteiger partial charge in [0.1, 0.15) is 5.82 Å². The lowest BCUT2D eigenvalue weighted by atomic mass is 10.1. The van der Waals surface area contributed by atoms with Crippen LogP contribution < -0.4 is 10.6 Å². The van der Waals surface area contributed by atoms with E-state index >= 15 is 0 Å². The number of nitro groups is 1. The molecule has 1 unspecified atom stereocenters. The van der Waals surface area contributed by atoms with Gasteiger partial charge in [0.25, 0.3) is 0 Å². The molecule has 0 amide bonds. The van der Waals surface area contributed by atoms with E-state index < -0.39 is 4.92 Å². The first-order valence-electron chi connectivity index (χ1n) is 6.12. The number of anilines is 2. The molecule has 0 aliphatic carbocycles. The number of nitrogens with two attached hydrogens (primary N) is 1. The van der Waals surface area contributed by atoms with Crippen molar-refractivity contribution in [1.82, 2.24) is 4.98 Å². The molecule has 7 heteroatoms. The third-order valence-corrected chi connectivity index (χ3v) is 2.98. The maximum absolute atomic E-state index is 10.7. The van der Waals surface area contributed by atoms with Crippen LogP contribution in [0, 0.1) is 10.1 Å². The highest BCUT2D eigenvalue weighted by Crippen LogP contribution is 2.28. The van der Waals surface area contributed by atoms with Crippen LogP contribution in [0.15, 0.2) is 12.1 Å². The maximum atomic E-state index is 10.7. The Bertz CT molecular complexity index is 504. The van der Waals surface area contributed by atoms with Crippen LogP contribution in [0.3, 0.4) is 0 Å². The van der Waals surface area contributed by atoms with Crippen LogP contribution >= 0.6 is 0 Å². The van der Waals surface area contributed by atoms with E-state index in [1.54, 1.807) is 6.07 Å². The van der Waals surface area contributed by atoms with Crippen LogP contribution in [0.4, 0.5) is 17.3 Å². The van der Waals surface area contributed by atoms with Crippen molar-refractivity contribution in [2.45, 2.75) is 32.5 Å². The lowest BCUT2D eigenvalue weighted by Gasteiger charge is -2.42. The van der Waals surface area contributed by atoms with Crippen molar-refractivity contribution >= 4 is 17.3 Å². The average molecular weight is 266 g/mol. The Morgan fingerprint density at radius 3 is 2.79 bits per heavy atom. The number of ether oxygens (including phenoxy) is 1. The fourth-order valence-corrected chi connectivity index (χ4v) is 2.42. The first-order chi connectivity index (χ1) is 8.78. The third kappa shape index (κ3) is 2.93. The van der Waals surface area contributed by atoms with Gasteiger partial charge in [-0.2, -0.15) is 0 Å². The van der Waals surface area contributed by atoms with Gasteiger partial charge in [0, 0.05) is 19.2 Å². The van der Waals surface area contributed by atoms with Crippen molar-refractivity contribution in [1.29, 1.82) is 0 Å². The minimum absolute atomic E-state index is 0.0561. The van der Waals surface area contributed by atoms with Crippen LogP contribution in [0.5, 0.6) is 0 Å². The number of aromatic nitrogens is 1. The second-order valence-electron chi connectivity index (χ2n) is 5.40. The van der Waals surface area contributed by atoms with E-state index in [2.05, 4.69) is 4.98 Å². The zero-order chi connectivity index (χ0) is 14.2. The molecule has 1 saturated heterocycles. The lowest BCUT2D eigenvalue weighted by molar-refractivity contribution is -0.384. The molecule has 1 aromatic rings. The lowest BCUT2D eigenvalue weighted by Crippen LogP contribution is -2.52. The second-order valence-corrected chi connectivity index (χ2v) is 5.40. The molecule has 19 heavy (non-hydrogen) atoms. The predicted molar refractivity (Wildman–Crippen MR) is 72.1 cm³/mol. The van der Waals surface area contributed by atoms with Crippen molar-refractivity contribution in [3.63, 3.8) is 0 Å². The molecule has 2 N–H and O–H groups in total. The first-order valence-corrected chi connectivity index (χ1v) is 6.12. The molecule has 1 aromatic heterocycles. The topological polar surface area (TPSA) is 94.5 Å². The van der Waals surface area contributed by atoms with Gasteiger partial charge in [-0.1, -0.05) is 0 Å². The number of rotatable bonds is 2. The first kappa shape index (κ1) is 13.5. The molecule has 1 fully saturated rings. The Labute approximate surface area is 111 Å². The Kier molecular flexibility index (Phi) is 3.32. The van der Waals surface area contributed by atoms with Crippen molar-refractivity contribution in [2.75, 3.05) is 23.7 Å². The predicted octanol–water partition coefficient (Wildman–Crippen LogP) is 1.58. The van der Waals surface area contributed by atoms with Gasteiger partial charge in [-0.15, -0.1) is 0 Å². The molecule has 0 spiro atoms. The Morgan fingerprint density at radius 2 is 2.26 bits per heavy atom. The largest absolute Gasteiger partial charge is 0.378 e. The minimum Gasteiger partial charge on any atom is -0.378 e. The van der Waals surface area contributed by atoms with Crippen molar-refractivity contribution in [3.05, 3.63) is 22.2 Å². The zero-order valence-electron chi connectivity index (χ0n) is 11.3. The average Bonchev–Trinajstić information content (AvgIpc) is 2.25. The summed E-state index contributed by atoms with van der Waals surface area (Å²) in [6, 6.07) is 3.02. The molecule has 2 rings (SSSR count). The van der Waals surface area contributed by atoms with E-state index in [1.165, 1.54) is 6.07 Å². The normalized spacial score (nSPS) is 22.3. The fourth-order valence-electron chi connectivity index (χ4n) is 2.42. The van der Waals surface area contributed by atoms with Gasteiger partial charge in [-0.25, -0.2) is 4.98 Å².